The zero-order valence-electron chi connectivity index (χ0n) is 26.1. The Balaban J connectivity index is 1.52. The Morgan fingerprint density at radius 3 is 1.57 bits per heavy atom. The normalized spacial score (nSPS) is 12.1. The lowest BCUT2D eigenvalue weighted by molar-refractivity contribution is 0.0886. The van der Waals surface area contributed by atoms with Crippen LogP contribution in [0.5, 0.6) is 0 Å². The first-order valence-corrected chi connectivity index (χ1v) is 14.5. The van der Waals surface area contributed by atoms with E-state index in [-0.39, 0.29) is 13.2 Å². The number of benzene rings is 2. The molecule has 246 valence electrons. The summed E-state index contributed by atoms with van der Waals surface area (Å²) in [7, 11) is 4.98. The number of imidazole rings is 2. The van der Waals surface area contributed by atoms with Crippen LogP contribution < -0.4 is 5.43 Å². The number of ether oxygens (including phenoxy) is 4. The molecule has 2 aromatic carbocycles. The van der Waals surface area contributed by atoms with E-state index in [0.29, 0.717) is 49.0 Å². The van der Waals surface area contributed by atoms with Gasteiger partial charge in [-0.1, -0.05) is 22.4 Å². The Hall–Kier alpha value is -5.42. The van der Waals surface area contributed by atoms with E-state index in [1.165, 1.54) is 46.6 Å². The van der Waals surface area contributed by atoms with Crippen molar-refractivity contribution in [2.75, 3.05) is 66.3 Å². The smallest absolute Gasteiger partial charge is 0.382 e. The Kier molecular flexibility index (Phi) is 11.4. The van der Waals surface area contributed by atoms with E-state index >= 15 is 0 Å². The van der Waals surface area contributed by atoms with Gasteiger partial charge in [0.1, 0.15) is 24.1 Å². The van der Waals surface area contributed by atoms with Gasteiger partial charge in [-0.05, 0) is 24.3 Å². The van der Waals surface area contributed by atoms with Crippen molar-refractivity contribution in [2.45, 2.75) is 0 Å². The third kappa shape index (κ3) is 8.06. The van der Waals surface area contributed by atoms with Crippen LogP contribution in [-0.4, -0.2) is 108 Å². The van der Waals surface area contributed by atoms with Crippen molar-refractivity contribution in [1.29, 1.82) is 0 Å². The topological polar surface area (TPSA) is 167 Å². The van der Waals surface area contributed by atoms with Gasteiger partial charge in [0.15, 0.2) is 0 Å². The summed E-state index contributed by atoms with van der Waals surface area (Å²) in [6.07, 6.45) is 7.05. The van der Waals surface area contributed by atoms with Crippen LogP contribution in [0.1, 0.15) is 11.1 Å². The maximum Gasteiger partial charge on any atom is 0.445 e. The number of rotatable bonds is 15. The van der Waals surface area contributed by atoms with Crippen LogP contribution >= 0.6 is 0 Å². The van der Waals surface area contributed by atoms with Gasteiger partial charge in [0.2, 0.25) is 0 Å². The standard InChI is InChI=1S/C31H34N8O8/c1-32-39-28-6-4-22(26(18-44-14-12-42-2)35-46-30(40)37-10-8-33-20-37)16-24(28)25-17-23(5-7-29(25)39)27(19-45-15-13-43-3)36-47-31(41)38-11-9-34-21-38/h4-11,16-17,20-21,32H,12-15,18-19H2,1-3H3/b35-26+,36-27+. The molecule has 0 fully saturated rings. The number of aromatic nitrogens is 5. The molecule has 0 unspecified atom stereocenters. The van der Waals surface area contributed by atoms with Crippen LogP contribution in [0.2, 0.25) is 0 Å². The number of oxime groups is 2. The quantitative estimate of drug-likeness (QED) is 0.0766. The maximum atomic E-state index is 12.5. The molecule has 5 aromatic rings. The molecular weight excluding hydrogens is 612 g/mol. The minimum atomic E-state index is -0.720. The first-order chi connectivity index (χ1) is 23.0. The molecule has 5 rings (SSSR count). The van der Waals surface area contributed by atoms with E-state index < -0.39 is 12.2 Å². The zero-order valence-corrected chi connectivity index (χ0v) is 26.1. The summed E-state index contributed by atoms with van der Waals surface area (Å²) in [6.45, 7) is 1.51. The van der Waals surface area contributed by atoms with Gasteiger partial charge in [0.05, 0.1) is 50.7 Å². The third-order valence-electron chi connectivity index (χ3n) is 6.89. The minimum absolute atomic E-state index is 0.0555. The molecule has 3 aromatic heterocycles. The molecule has 16 nitrogen and oxygen atoms in total. The Morgan fingerprint density at radius 1 is 0.723 bits per heavy atom. The van der Waals surface area contributed by atoms with Crippen LogP contribution in [0.25, 0.3) is 21.8 Å². The molecule has 0 saturated heterocycles. The number of fused-ring (bicyclic) bond motifs is 3. The molecule has 0 radical (unpaired) electrons. The van der Waals surface area contributed by atoms with Crippen LogP contribution in [0, 0.1) is 0 Å². The van der Waals surface area contributed by atoms with Gasteiger partial charge in [-0.15, -0.1) is 0 Å². The van der Waals surface area contributed by atoms with E-state index in [0.717, 1.165) is 21.8 Å². The molecule has 0 saturated carbocycles. The summed E-state index contributed by atoms with van der Waals surface area (Å²) in [5, 5.41) is 10.0. The summed E-state index contributed by atoms with van der Waals surface area (Å²) in [4.78, 5) is 43.1. The highest BCUT2D eigenvalue weighted by Gasteiger charge is 2.17. The molecule has 0 aliphatic heterocycles. The first kappa shape index (κ1) is 33.0. The molecule has 0 aliphatic carbocycles. The second-order valence-electron chi connectivity index (χ2n) is 9.84. The summed E-state index contributed by atoms with van der Waals surface area (Å²) in [5.74, 6) is 0. The van der Waals surface area contributed by atoms with Crippen LogP contribution in [0.3, 0.4) is 0 Å². The van der Waals surface area contributed by atoms with Crippen molar-refractivity contribution >= 4 is 45.4 Å². The van der Waals surface area contributed by atoms with Crippen LogP contribution in [0.4, 0.5) is 9.59 Å². The summed E-state index contributed by atoms with van der Waals surface area (Å²) < 4.78 is 25.9. The van der Waals surface area contributed by atoms with E-state index in [1.807, 2.05) is 48.1 Å². The Morgan fingerprint density at radius 2 is 1.19 bits per heavy atom. The molecule has 1 N–H and O–H groups in total. The molecule has 0 amide bonds. The molecule has 3 heterocycles. The lowest BCUT2D eigenvalue weighted by Gasteiger charge is -2.09. The summed E-state index contributed by atoms with van der Waals surface area (Å²) in [6, 6.07) is 11.5. The molecule has 16 heteroatoms. The van der Waals surface area contributed by atoms with Crippen molar-refractivity contribution in [3.8, 4) is 0 Å². The van der Waals surface area contributed by atoms with Gasteiger partial charge in [-0.25, -0.2) is 28.7 Å². The lowest BCUT2D eigenvalue weighted by atomic mass is 10.0. The highest BCUT2D eigenvalue weighted by molar-refractivity contribution is 6.14. The van der Waals surface area contributed by atoms with Crippen LogP contribution in [0.15, 0.2) is 84.2 Å². The maximum absolute atomic E-state index is 12.5. The molecular formula is C31H34N8O8. The molecule has 0 atom stereocenters. The van der Waals surface area contributed by atoms with E-state index in [1.54, 1.807) is 14.2 Å². The van der Waals surface area contributed by atoms with Gasteiger partial charge in [0, 0.05) is 68.0 Å². The summed E-state index contributed by atoms with van der Waals surface area (Å²) >= 11 is 0. The zero-order chi connectivity index (χ0) is 33.0. The second-order valence-corrected chi connectivity index (χ2v) is 9.84. The number of hydrogen-bond acceptors (Lipinski definition) is 13. The number of hydrogen-bond donors (Lipinski definition) is 1. The average Bonchev–Trinajstić information content (AvgIpc) is 3.88. The van der Waals surface area contributed by atoms with Crippen molar-refractivity contribution in [1.82, 2.24) is 23.8 Å². The fourth-order valence-electron chi connectivity index (χ4n) is 4.59. The highest BCUT2D eigenvalue weighted by Crippen LogP contribution is 2.30. The highest BCUT2D eigenvalue weighted by atomic mass is 16.7. The fourth-order valence-corrected chi connectivity index (χ4v) is 4.59. The number of carbonyl (C=O) groups excluding carboxylic acids is 2. The minimum Gasteiger partial charge on any atom is -0.382 e. The van der Waals surface area contributed by atoms with E-state index in [2.05, 4.69) is 25.7 Å². The van der Waals surface area contributed by atoms with Crippen molar-refractivity contribution in [2.24, 2.45) is 10.3 Å². The summed E-state index contributed by atoms with van der Waals surface area (Å²) in [5.41, 5.74) is 7.08. The predicted molar refractivity (Wildman–Crippen MR) is 171 cm³/mol. The number of methoxy groups -OCH3 is 2. The SMILES string of the molecule is CNn1c2ccc(/C(COCCOC)=N/OC(=O)n3ccnc3)cc2c2cc(/C(COCCOC)=N/OC(=O)n3ccnc3)ccc21. The second kappa shape index (κ2) is 16.2. The van der Waals surface area contributed by atoms with Crippen LogP contribution in [-0.2, 0) is 28.6 Å². The predicted octanol–water partition coefficient (Wildman–Crippen LogP) is 3.46. The number of nitrogens with zero attached hydrogens (tertiary/aromatic N) is 7. The number of nitrogens with one attached hydrogen (secondary N) is 1. The van der Waals surface area contributed by atoms with Crippen molar-refractivity contribution < 1.29 is 38.2 Å². The van der Waals surface area contributed by atoms with Crippen molar-refractivity contribution in [3.63, 3.8) is 0 Å². The Bertz CT molecular complexity index is 1720. The third-order valence-corrected chi connectivity index (χ3v) is 6.89. The number of carbonyl (C=O) groups is 2. The average molecular weight is 647 g/mol. The van der Waals surface area contributed by atoms with Gasteiger partial charge < -0.3 is 24.4 Å². The monoisotopic (exact) mass is 646 g/mol. The van der Waals surface area contributed by atoms with E-state index in [9.17, 15) is 9.59 Å². The largest absolute Gasteiger partial charge is 0.445 e. The van der Waals surface area contributed by atoms with E-state index in [4.69, 9.17) is 28.6 Å². The van der Waals surface area contributed by atoms with Gasteiger partial charge >= 0.3 is 12.2 Å². The lowest BCUT2D eigenvalue weighted by Crippen LogP contribution is -2.16. The Labute approximate surface area is 269 Å². The molecule has 0 spiro atoms. The fraction of sp³-hybridized carbons (Fsp3) is 0.290. The molecule has 0 bridgehead atoms. The first-order valence-electron chi connectivity index (χ1n) is 14.5. The molecule has 0 aliphatic rings. The van der Waals surface area contributed by atoms with Crippen molar-refractivity contribution in [3.05, 3.63) is 85.0 Å². The van der Waals surface area contributed by atoms with Gasteiger partial charge in [0.25, 0.3) is 0 Å². The molecule has 47 heavy (non-hydrogen) atoms. The van der Waals surface area contributed by atoms with Gasteiger partial charge in [-0.3, -0.25) is 14.4 Å². The van der Waals surface area contributed by atoms with Gasteiger partial charge in [-0.2, -0.15) is 0 Å².